The van der Waals surface area contributed by atoms with Gasteiger partial charge in [-0.15, -0.1) is 0 Å². The van der Waals surface area contributed by atoms with E-state index >= 15 is 0 Å². The van der Waals surface area contributed by atoms with Gasteiger partial charge in [0.15, 0.2) is 0 Å². The standard InChI is InChI=1S/C16H25N3O3/c1-3-15(12-20)18-8-6-17(7-9-18)11-14-5-4-13(2)16(10-14)19(21)22/h4-5,10,15,20H,3,6-9,11-12H2,1-2H3. The Bertz CT molecular complexity index is 509. The Hall–Kier alpha value is -1.50. The van der Waals surface area contributed by atoms with E-state index in [0.717, 1.165) is 44.7 Å². The van der Waals surface area contributed by atoms with Crippen molar-refractivity contribution in [1.82, 2.24) is 9.80 Å². The summed E-state index contributed by atoms with van der Waals surface area (Å²) < 4.78 is 0. The number of piperazine rings is 1. The van der Waals surface area contributed by atoms with Crippen LogP contribution in [0.3, 0.4) is 0 Å². The van der Waals surface area contributed by atoms with E-state index in [2.05, 4.69) is 16.7 Å². The lowest BCUT2D eigenvalue weighted by molar-refractivity contribution is -0.385. The predicted octanol–water partition coefficient (Wildman–Crippen LogP) is 1.79. The molecule has 0 aromatic heterocycles. The molecule has 0 aliphatic carbocycles. The fourth-order valence-corrected chi connectivity index (χ4v) is 3.00. The predicted molar refractivity (Wildman–Crippen MR) is 85.8 cm³/mol. The molecule has 122 valence electrons. The second-order valence-corrected chi connectivity index (χ2v) is 5.93. The lowest BCUT2D eigenvalue weighted by atomic mass is 10.1. The summed E-state index contributed by atoms with van der Waals surface area (Å²) in [5, 5.41) is 20.4. The molecule has 0 bridgehead atoms. The Labute approximate surface area is 131 Å². The van der Waals surface area contributed by atoms with E-state index in [0.29, 0.717) is 5.56 Å². The van der Waals surface area contributed by atoms with Gasteiger partial charge in [-0.2, -0.15) is 0 Å². The summed E-state index contributed by atoms with van der Waals surface area (Å²) >= 11 is 0. The van der Waals surface area contributed by atoms with Gasteiger partial charge in [0.1, 0.15) is 0 Å². The van der Waals surface area contributed by atoms with Crippen LogP contribution in [0.5, 0.6) is 0 Å². The van der Waals surface area contributed by atoms with Crippen molar-refractivity contribution in [2.45, 2.75) is 32.9 Å². The number of nitro benzene ring substituents is 1. The van der Waals surface area contributed by atoms with Gasteiger partial charge in [0.2, 0.25) is 0 Å². The number of aliphatic hydroxyl groups excluding tert-OH is 1. The van der Waals surface area contributed by atoms with E-state index in [1.165, 1.54) is 0 Å². The maximum absolute atomic E-state index is 11.0. The number of benzene rings is 1. The van der Waals surface area contributed by atoms with Crippen molar-refractivity contribution in [2.24, 2.45) is 0 Å². The highest BCUT2D eigenvalue weighted by atomic mass is 16.6. The normalized spacial score (nSPS) is 18.3. The summed E-state index contributed by atoms with van der Waals surface area (Å²) in [4.78, 5) is 15.3. The molecule has 1 heterocycles. The largest absolute Gasteiger partial charge is 0.395 e. The van der Waals surface area contributed by atoms with E-state index in [-0.39, 0.29) is 23.3 Å². The second-order valence-electron chi connectivity index (χ2n) is 5.93. The second kappa shape index (κ2) is 7.67. The van der Waals surface area contributed by atoms with Gasteiger partial charge in [-0.1, -0.05) is 19.1 Å². The van der Waals surface area contributed by atoms with Gasteiger partial charge in [0.05, 0.1) is 11.5 Å². The molecule has 1 fully saturated rings. The number of rotatable bonds is 6. The van der Waals surface area contributed by atoms with Crippen LogP contribution in [0.4, 0.5) is 5.69 Å². The van der Waals surface area contributed by atoms with Gasteiger partial charge >= 0.3 is 0 Å². The SMILES string of the molecule is CCC(CO)N1CCN(Cc2ccc(C)c([N+](=O)[O-])c2)CC1. The van der Waals surface area contributed by atoms with E-state index in [4.69, 9.17) is 0 Å². The van der Waals surface area contributed by atoms with Crippen LogP contribution in [0.25, 0.3) is 0 Å². The molecule has 1 N–H and O–H groups in total. The summed E-state index contributed by atoms with van der Waals surface area (Å²) in [6.45, 7) is 8.54. The van der Waals surface area contributed by atoms with Crippen LogP contribution in [-0.2, 0) is 6.54 Å². The van der Waals surface area contributed by atoms with Crippen LogP contribution in [-0.4, -0.2) is 58.7 Å². The quantitative estimate of drug-likeness (QED) is 0.641. The van der Waals surface area contributed by atoms with Crippen LogP contribution in [0, 0.1) is 17.0 Å². The van der Waals surface area contributed by atoms with E-state index in [1.807, 2.05) is 12.1 Å². The summed E-state index contributed by atoms with van der Waals surface area (Å²) in [6.07, 6.45) is 0.959. The summed E-state index contributed by atoms with van der Waals surface area (Å²) in [7, 11) is 0. The molecule has 22 heavy (non-hydrogen) atoms. The molecule has 1 unspecified atom stereocenters. The molecule has 0 amide bonds. The van der Waals surface area contributed by atoms with Crippen molar-refractivity contribution < 1.29 is 10.0 Å². The lowest BCUT2D eigenvalue weighted by Crippen LogP contribution is -2.50. The van der Waals surface area contributed by atoms with Gasteiger partial charge in [-0.05, 0) is 18.9 Å². The first kappa shape index (κ1) is 16.9. The van der Waals surface area contributed by atoms with E-state index in [1.54, 1.807) is 13.0 Å². The van der Waals surface area contributed by atoms with Crippen molar-refractivity contribution in [3.05, 3.63) is 39.4 Å². The average Bonchev–Trinajstić information content (AvgIpc) is 2.52. The number of nitro groups is 1. The van der Waals surface area contributed by atoms with Crippen LogP contribution in [0.1, 0.15) is 24.5 Å². The Balaban J connectivity index is 1.94. The van der Waals surface area contributed by atoms with Crippen LogP contribution in [0.15, 0.2) is 18.2 Å². The first-order valence-electron chi connectivity index (χ1n) is 7.86. The lowest BCUT2D eigenvalue weighted by Gasteiger charge is -2.38. The van der Waals surface area contributed by atoms with Gasteiger partial charge in [-0.3, -0.25) is 19.9 Å². The van der Waals surface area contributed by atoms with Crippen molar-refractivity contribution in [3.63, 3.8) is 0 Å². The summed E-state index contributed by atoms with van der Waals surface area (Å²) in [5.41, 5.74) is 1.88. The van der Waals surface area contributed by atoms with Crippen LogP contribution in [0.2, 0.25) is 0 Å². The third kappa shape index (κ3) is 4.03. The number of nitrogens with zero attached hydrogens (tertiary/aromatic N) is 3. The summed E-state index contributed by atoms with van der Waals surface area (Å²) in [6, 6.07) is 5.73. The molecule has 0 radical (unpaired) electrons. The zero-order chi connectivity index (χ0) is 16.1. The summed E-state index contributed by atoms with van der Waals surface area (Å²) in [5.74, 6) is 0. The smallest absolute Gasteiger partial charge is 0.272 e. The van der Waals surface area contributed by atoms with E-state index < -0.39 is 0 Å². The minimum Gasteiger partial charge on any atom is -0.395 e. The van der Waals surface area contributed by atoms with Crippen LogP contribution >= 0.6 is 0 Å². The Morgan fingerprint density at radius 2 is 2.00 bits per heavy atom. The number of aliphatic hydroxyl groups is 1. The monoisotopic (exact) mass is 307 g/mol. The number of hydrogen-bond donors (Lipinski definition) is 1. The Morgan fingerprint density at radius 3 is 2.55 bits per heavy atom. The maximum Gasteiger partial charge on any atom is 0.272 e. The molecule has 1 aliphatic heterocycles. The molecular formula is C16H25N3O3. The highest BCUT2D eigenvalue weighted by Gasteiger charge is 2.22. The minimum absolute atomic E-state index is 0.197. The first-order valence-corrected chi connectivity index (χ1v) is 7.86. The van der Waals surface area contributed by atoms with Crippen molar-refractivity contribution in [3.8, 4) is 0 Å². The zero-order valence-corrected chi connectivity index (χ0v) is 13.4. The number of aryl methyl sites for hydroxylation is 1. The number of hydrogen-bond acceptors (Lipinski definition) is 5. The topological polar surface area (TPSA) is 69.8 Å². The van der Waals surface area contributed by atoms with Crippen molar-refractivity contribution >= 4 is 5.69 Å². The molecule has 1 aliphatic rings. The molecule has 2 rings (SSSR count). The van der Waals surface area contributed by atoms with Gasteiger partial charge in [-0.25, -0.2) is 0 Å². The highest BCUT2D eigenvalue weighted by Crippen LogP contribution is 2.21. The molecule has 6 heteroatoms. The van der Waals surface area contributed by atoms with Gasteiger partial charge < -0.3 is 5.11 Å². The Kier molecular flexibility index (Phi) is 5.88. The molecule has 1 atom stereocenters. The molecule has 0 spiro atoms. The fourth-order valence-electron chi connectivity index (χ4n) is 3.00. The first-order chi connectivity index (χ1) is 10.5. The Morgan fingerprint density at radius 1 is 1.32 bits per heavy atom. The molecule has 1 aromatic rings. The van der Waals surface area contributed by atoms with Crippen LogP contribution < -0.4 is 0 Å². The minimum atomic E-state index is -0.316. The zero-order valence-electron chi connectivity index (χ0n) is 13.4. The van der Waals surface area contributed by atoms with Gasteiger partial charge in [0.25, 0.3) is 5.69 Å². The molecule has 0 saturated carbocycles. The third-order valence-corrected chi connectivity index (χ3v) is 4.48. The molecule has 6 nitrogen and oxygen atoms in total. The van der Waals surface area contributed by atoms with Crippen molar-refractivity contribution in [1.29, 1.82) is 0 Å². The third-order valence-electron chi connectivity index (χ3n) is 4.48. The molecule has 1 aromatic carbocycles. The molecular weight excluding hydrogens is 282 g/mol. The van der Waals surface area contributed by atoms with Crippen molar-refractivity contribution in [2.75, 3.05) is 32.8 Å². The fraction of sp³-hybridized carbons (Fsp3) is 0.625. The highest BCUT2D eigenvalue weighted by molar-refractivity contribution is 5.42. The van der Waals surface area contributed by atoms with E-state index in [9.17, 15) is 15.2 Å². The van der Waals surface area contributed by atoms with Gasteiger partial charge in [0, 0.05) is 50.4 Å². The average molecular weight is 307 g/mol. The maximum atomic E-state index is 11.0. The molecule has 1 saturated heterocycles.